The minimum atomic E-state index is 0.000417. The van der Waals surface area contributed by atoms with Gasteiger partial charge in [0.05, 0.1) is 19.6 Å². The van der Waals surface area contributed by atoms with Crippen LogP contribution in [0.4, 0.5) is 0 Å². The lowest BCUT2D eigenvalue weighted by Crippen LogP contribution is -2.31. The van der Waals surface area contributed by atoms with Gasteiger partial charge in [-0.2, -0.15) is 5.10 Å². The zero-order chi connectivity index (χ0) is 13.4. The Morgan fingerprint density at radius 1 is 1.33 bits per heavy atom. The molecule has 0 fully saturated rings. The molecule has 0 spiro atoms. The van der Waals surface area contributed by atoms with Crippen LogP contribution in [0, 0.1) is 13.8 Å². The second-order valence-electron chi connectivity index (χ2n) is 4.38. The van der Waals surface area contributed by atoms with Gasteiger partial charge in [0.2, 0.25) is 0 Å². The maximum absolute atomic E-state index is 6.15. The summed E-state index contributed by atoms with van der Waals surface area (Å²) in [7, 11) is 0. The zero-order valence-corrected chi connectivity index (χ0v) is 14.4. The molecule has 6 heteroatoms. The normalized spacial score (nSPS) is 14.8. The highest BCUT2D eigenvalue weighted by atomic mass is 79.9. The van der Waals surface area contributed by atoms with E-state index in [1.54, 1.807) is 11.3 Å². The van der Waals surface area contributed by atoms with E-state index in [0.29, 0.717) is 0 Å². The van der Waals surface area contributed by atoms with Gasteiger partial charge in [0.25, 0.3) is 0 Å². The Bertz CT molecular complexity index is 560. The largest absolute Gasteiger partial charge is 0.326 e. The van der Waals surface area contributed by atoms with E-state index in [4.69, 9.17) is 5.73 Å². The van der Waals surface area contributed by atoms with E-state index in [1.807, 2.05) is 18.5 Å². The third-order valence-electron chi connectivity index (χ3n) is 2.88. The van der Waals surface area contributed by atoms with Crippen LogP contribution in [0.5, 0.6) is 0 Å². The van der Waals surface area contributed by atoms with Crippen LogP contribution >= 0.6 is 43.2 Å². The van der Waals surface area contributed by atoms with Gasteiger partial charge in [0.15, 0.2) is 0 Å². The summed E-state index contributed by atoms with van der Waals surface area (Å²) in [5.74, 6) is 0. The first kappa shape index (κ1) is 14.2. The van der Waals surface area contributed by atoms with Gasteiger partial charge in [-0.3, -0.25) is 4.68 Å². The minimum absolute atomic E-state index is 0.000417. The number of hydrogen-bond donors (Lipinski definition) is 1. The minimum Gasteiger partial charge on any atom is -0.326 e. The van der Waals surface area contributed by atoms with Crippen LogP contribution in [0.2, 0.25) is 0 Å². The van der Waals surface area contributed by atoms with Gasteiger partial charge in [-0.1, -0.05) is 0 Å². The van der Waals surface area contributed by atoms with Crippen molar-refractivity contribution >= 4 is 43.2 Å². The Balaban J connectivity index is 2.51. The SMILES string of the molecule is Cc1nn(C(c2ccc(Br)s2)C(C)N)c(C)c1Br. The number of rotatable bonds is 3. The molecular weight excluding hydrogens is 378 g/mol. The Morgan fingerprint density at radius 3 is 2.39 bits per heavy atom. The van der Waals surface area contributed by atoms with Gasteiger partial charge in [0, 0.05) is 10.9 Å². The lowest BCUT2D eigenvalue weighted by molar-refractivity contribution is 0.449. The van der Waals surface area contributed by atoms with Gasteiger partial charge in [0.1, 0.15) is 6.04 Å². The highest BCUT2D eigenvalue weighted by Gasteiger charge is 2.24. The van der Waals surface area contributed by atoms with Crippen molar-refractivity contribution in [2.45, 2.75) is 32.9 Å². The molecule has 2 rings (SSSR count). The number of halogens is 2. The fraction of sp³-hybridized carbons (Fsp3) is 0.417. The lowest BCUT2D eigenvalue weighted by atomic mass is 10.1. The van der Waals surface area contributed by atoms with Gasteiger partial charge in [-0.25, -0.2) is 0 Å². The summed E-state index contributed by atoms with van der Waals surface area (Å²) in [6.07, 6.45) is 0. The van der Waals surface area contributed by atoms with Crippen LogP contribution in [-0.2, 0) is 0 Å². The highest BCUT2D eigenvalue weighted by molar-refractivity contribution is 9.11. The van der Waals surface area contributed by atoms with E-state index in [-0.39, 0.29) is 12.1 Å². The predicted molar refractivity (Wildman–Crippen MR) is 83.2 cm³/mol. The topological polar surface area (TPSA) is 43.8 Å². The number of thiophene rings is 1. The monoisotopic (exact) mass is 391 g/mol. The van der Waals surface area contributed by atoms with Crippen LogP contribution in [0.1, 0.15) is 29.2 Å². The molecule has 3 nitrogen and oxygen atoms in total. The zero-order valence-electron chi connectivity index (χ0n) is 10.4. The molecule has 0 radical (unpaired) electrons. The smallest absolute Gasteiger partial charge is 0.101 e. The third kappa shape index (κ3) is 2.57. The van der Waals surface area contributed by atoms with Gasteiger partial charge >= 0.3 is 0 Å². The average molecular weight is 393 g/mol. The van der Waals surface area contributed by atoms with Crippen molar-refractivity contribution in [3.63, 3.8) is 0 Å². The van der Waals surface area contributed by atoms with Crippen LogP contribution in [0.3, 0.4) is 0 Å². The second kappa shape index (κ2) is 5.45. The van der Waals surface area contributed by atoms with E-state index >= 15 is 0 Å². The summed E-state index contributed by atoms with van der Waals surface area (Å²) < 4.78 is 4.19. The molecular formula is C12H15Br2N3S. The maximum atomic E-state index is 6.15. The molecule has 0 amide bonds. The molecule has 0 bridgehead atoms. The fourth-order valence-corrected chi connectivity index (χ4v) is 3.89. The predicted octanol–water partition coefficient (Wildman–Crippen LogP) is 4.02. The van der Waals surface area contributed by atoms with E-state index in [1.165, 1.54) is 4.88 Å². The summed E-state index contributed by atoms with van der Waals surface area (Å²) >= 11 is 8.77. The lowest BCUT2D eigenvalue weighted by Gasteiger charge is -2.21. The van der Waals surface area contributed by atoms with Gasteiger partial charge in [-0.05, 0) is 64.8 Å². The van der Waals surface area contributed by atoms with E-state index in [2.05, 4.69) is 56.0 Å². The molecule has 2 aromatic rings. The molecule has 2 heterocycles. The van der Waals surface area contributed by atoms with Gasteiger partial charge < -0.3 is 5.73 Å². The molecule has 98 valence electrons. The molecule has 0 saturated carbocycles. The van der Waals surface area contributed by atoms with Crippen LogP contribution < -0.4 is 5.73 Å². The summed E-state index contributed by atoms with van der Waals surface area (Å²) in [6, 6.07) is 4.23. The third-order valence-corrected chi connectivity index (χ3v) is 5.73. The Labute approximate surface area is 128 Å². The Kier molecular flexibility index (Phi) is 4.31. The van der Waals surface area contributed by atoms with Crippen molar-refractivity contribution in [2.24, 2.45) is 5.73 Å². The molecule has 2 N–H and O–H groups in total. The van der Waals surface area contributed by atoms with Crippen molar-refractivity contribution in [2.75, 3.05) is 0 Å². The molecule has 0 saturated heterocycles. The number of aromatic nitrogens is 2. The molecule has 18 heavy (non-hydrogen) atoms. The van der Waals surface area contributed by atoms with Crippen molar-refractivity contribution in [3.8, 4) is 0 Å². The van der Waals surface area contributed by atoms with Crippen LogP contribution in [-0.4, -0.2) is 15.8 Å². The number of nitrogens with zero attached hydrogens (tertiary/aromatic N) is 2. The number of nitrogens with two attached hydrogens (primary N) is 1. The average Bonchev–Trinajstić information content (AvgIpc) is 2.80. The summed E-state index contributed by atoms with van der Waals surface area (Å²) in [6.45, 7) is 6.07. The van der Waals surface area contributed by atoms with Crippen molar-refractivity contribution in [1.29, 1.82) is 0 Å². The van der Waals surface area contributed by atoms with Gasteiger partial charge in [-0.15, -0.1) is 11.3 Å². The maximum Gasteiger partial charge on any atom is 0.101 e. The van der Waals surface area contributed by atoms with Crippen LogP contribution in [0.25, 0.3) is 0 Å². The Hall–Kier alpha value is -0.170. The number of hydrogen-bond acceptors (Lipinski definition) is 3. The molecule has 2 unspecified atom stereocenters. The van der Waals surface area contributed by atoms with Crippen LogP contribution in [0.15, 0.2) is 20.4 Å². The van der Waals surface area contributed by atoms with E-state index in [0.717, 1.165) is 19.6 Å². The first-order valence-electron chi connectivity index (χ1n) is 5.64. The van der Waals surface area contributed by atoms with Crippen molar-refractivity contribution in [1.82, 2.24) is 9.78 Å². The second-order valence-corrected chi connectivity index (χ2v) is 7.66. The summed E-state index contributed by atoms with van der Waals surface area (Å²) in [5, 5.41) is 4.60. The van der Waals surface area contributed by atoms with E-state index in [9.17, 15) is 0 Å². The first-order chi connectivity index (χ1) is 8.41. The quantitative estimate of drug-likeness (QED) is 0.856. The fourth-order valence-electron chi connectivity index (χ4n) is 2.00. The molecule has 0 aliphatic heterocycles. The standard InChI is InChI=1S/C12H15Br2N3S/c1-6(15)12(9-4-5-10(13)18-9)17-8(3)11(14)7(2)16-17/h4-6,12H,15H2,1-3H3. The molecule has 2 aromatic heterocycles. The van der Waals surface area contributed by atoms with Crippen molar-refractivity contribution < 1.29 is 0 Å². The summed E-state index contributed by atoms with van der Waals surface area (Å²) in [5.41, 5.74) is 8.26. The molecule has 2 atom stereocenters. The molecule has 0 aliphatic carbocycles. The Morgan fingerprint density at radius 2 is 2.00 bits per heavy atom. The summed E-state index contributed by atoms with van der Waals surface area (Å²) in [4.78, 5) is 1.22. The van der Waals surface area contributed by atoms with Crippen molar-refractivity contribution in [3.05, 3.63) is 36.7 Å². The molecule has 0 aromatic carbocycles. The number of aryl methyl sites for hydroxylation is 1. The first-order valence-corrected chi connectivity index (χ1v) is 8.04. The van der Waals surface area contributed by atoms with E-state index < -0.39 is 0 Å². The highest BCUT2D eigenvalue weighted by Crippen LogP contribution is 2.33. The molecule has 0 aliphatic rings.